The molecule has 62 valence electrons. The molecule has 1 rings (SSSR count). The highest BCUT2D eigenvalue weighted by Crippen LogP contribution is 1.96. The summed E-state index contributed by atoms with van der Waals surface area (Å²) in [5.41, 5.74) is 5.07. The first kappa shape index (κ1) is 9.86. The van der Waals surface area contributed by atoms with Gasteiger partial charge in [0.1, 0.15) is 0 Å². The number of nitrogens with two attached hydrogens (primary N) is 1. The van der Waals surface area contributed by atoms with E-state index < -0.39 is 11.9 Å². The molecule has 0 aliphatic rings. The molecule has 1 aromatic heterocycles. The molecular weight excluding hydrogens is 174 g/mol. The Hall–Kier alpha value is -1.14. The average Bonchev–Trinajstić information content (AvgIpc) is 2.34. The Labute approximate surface area is 67.8 Å². The van der Waals surface area contributed by atoms with E-state index in [1.165, 1.54) is 0 Å². The van der Waals surface area contributed by atoms with Crippen LogP contribution in [-0.2, 0) is 6.54 Å². The van der Waals surface area contributed by atoms with Crippen LogP contribution in [0.3, 0.4) is 0 Å². The number of aromatic nitrogens is 2. The zero-order chi connectivity index (χ0) is 7.56. The smallest absolute Gasteiger partial charge is 0.393 e. The predicted molar refractivity (Wildman–Crippen MR) is 36.4 cm³/mol. The van der Waals surface area contributed by atoms with Crippen LogP contribution in [0.5, 0.6) is 0 Å². The molecule has 0 unspecified atom stereocenters. The van der Waals surface area contributed by atoms with E-state index in [9.17, 15) is 4.79 Å². The van der Waals surface area contributed by atoms with Gasteiger partial charge in [-0.05, 0) is 0 Å². The summed E-state index contributed by atoms with van der Waals surface area (Å²) in [5.74, 6) is -1.55. The molecule has 7 heteroatoms. The standard InChI is InChI=1S/C4H5N3O3.ClH/c5-1-2-6-7-3(10-2)4(8)9;/h1,5H2,(H,8,9);1H. The predicted octanol–water partition coefficient (Wildman–Crippen LogP) is -0.352. The van der Waals surface area contributed by atoms with Crippen LogP contribution in [0.2, 0.25) is 0 Å². The number of nitrogens with zero attached hydrogens (tertiary/aromatic N) is 2. The van der Waals surface area contributed by atoms with Gasteiger partial charge in [0, 0.05) is 0 Å². The molecule has 0 spiro atoms. The summed E-state index contributed by atoms with van der Waals surface area (Å²) < 4.78 is 4.55. The fourth-order valence-electron chi connectivity index (χ4n) is 0.423. The lowest BCUT2D eigenvalue weighted by Crippen LogP contribution is -1.96. The maximum absolute atomic E-state index is 10.1. The summed E-state index contributed by atoms with van der Waals surface area (Å²) in [6.07, 6.45) is 0. The maximum Gasteiger partial charge on any atom is 0.393 e. The maximum atomic E-state index is 10.1. The third kappa shape index (κ3) is 2.17. The molecule has 1 heterocycles. The Bertz CT molecular complexity index is 248. The van der Waals surface area contributed by atoms with E-state index in [4.69, 9.17) is 10.8 Å². The van der Waals surface area contributed by atoms with E-state index in [0.717, 1.165) is 0 Å². The van der Waals surface area contributed by atoms with Gasteiger partial charge in [-0.2, -0.15) is 0 Å². The lowest BCUT2D eigenvalue weighted by molar-refractivity contribution is 0.0651. The minimum atomic E-state index is -1.24. The Kier molecular flexibility index (Phi) is 3.49. The third-order valence-electron chi connectivity index (χ3n) is 0.824. The van der Waals surface area contributed by atoms with E-state index in [2.05, 4.69) is 14.6 Å². The average molecular weight is 180 g/mol. The van der Waals surface area contributed by atoms with Crippen LogP contribution in [0, 0.1) is 0 Å². The van der Waals surface area contributed by atoms with Crippen molar-refractivity contribution in [2.75, 3.05) is 0 Å². The fraction of sp³-hybridized carbons (Fsp3) is 0.250. The number of carboxylic acids is 1. The molecule has 1 aromatic rings. The van der Waals surface area contributed by atoms with Crippen LogP contribution in [0.15, 0.2) is 4.42 Å². The summed E-state index contributed by atoms with van der Waals surface area (Å²) in [7, 11) is 0. The highest BCUT2D eigenvalue weighted by molar-refractivity contribution is 5.85. The molecule has 0 bridgehead atoms. The normalized spacial score (nSPS) is 8.82. The van der Waals surface area contributed by atoms with Crippen molar-refractivity contribution in [1.29, 1.82) is 0 Å². The highest BCUT2D eigenvalue weighted by atomic mass is 35.5. The molecular formula is C4H6ClN3O3. The van der Waals surface area contributed by atoms with Crippen molar-refractivity contribution in [2.45, 2.75) is 6.54 Å². The lowest BCUT2D eigenvalue weighted by Gasteiger charge is -1.80. The molecule has 0 aliphatic carbocycles. The largest absolute Gasteiger partial charge is 0.474 e. The molecule has 3 N–H and O–H groups in total. The zero-order valence-electron chi connectivity index (χ0n) is 5.35. The van der Waals surface area contributed by atoms with Gasteiger partial charge in [0.15, 0.2) is 0 Å². The molecule has 0 amide bonds. The van der Waals surface area contributed by atoms with Gasteiger partial charge in [-0.1, -0.05) is 0 Å². The highest BCUT2D eigenvalue weighted by Gasteiger charge is 2.10. The zero-order valence-corrected chi connectivity index (χ0v) is 6.17. The summed E-state index contributed by atoms with van der Waals surface area (Å²) in [6, 6.07) is 0. The van der Waals surface area contributed by atoms with Crippen molar-refractivity contribution in [1.82, 2.24) is 10.2 Å². The van der Waals surface area contributed by atoms with Crippen molar-refractivity contribution in [3.63, 3.8) is 0 Å². The van der Waals surface area contributed by atoms with Gasteiger partial charge in [-0.15, -0.1) is 22.6 Å². The second-order valence-corrected chi connectivity index (χ2v) is 1.51. The van der Waals surface area contributed by atoms with Crippen molar-refractivity contribution >= 4 is 18.4 Å². The molecule has 0 aromatic carbocycles. The summed E-state index contributed by atoms with van der Waals surface area (Å²) in [4.78, 5) is 10.1. The van der Waals surface area contributed by atoms with Crippen molar-refractivity contribution in [3.05, 3.63) is 11.8 Å². The molecule has 6 nitrogen and oxygen atoms in total. The first-order valence-electron chi connectivity index (χ1n) is 2.49. The van der Waals surface area contributed by atoms with Crippen molar-refractivity contribution in [3.8, 4) is 0 Å². The molecule has 0 atom stereocenters. The van der Waals surface area contributed by atoms with Crippen LogP contribution in [-0.4, -0.2) is 21.3 Å². The molecule has 0 aliphatic heterocycles. The molecule has 0 saturated carbocycles. The Balaban J connectivity index is 0.000001000. The van der Waals surface area contributed by atoms with Gasteiger partial charge in [0.2, 0.25) is 5.89 Å². The van der Waals surface area contributed by atoms with Crippen LogP contribution < -0.4 is 5.73 Å². The van der Waals surface area contributed by atoms with E-state index in [-0.39, 0.29) is 24.8 Å². The topological polar surface area (TPSA) is 102 Å². The van der Waals surface area contributed by atoms with E-state index >= 15 is 0 Å². The van der Waals surface area contributed by atoms with E-state index in [1.807, 2.05) is 0 Å². The van der Waals surface area contributed by atoms with Gasteiger partial charge in [0.05, 0.1) is 6.54 Å². The van der Waals surface area contributed by atoms with Crippen LogP contribution in [0.25, 0.3) is 0 Å². The van der Waals surface area contributed by atoms with E-state index in [0.29, 0.717) is 0 Å². The monoisotopic (exact) mass is 179 g/mol. The lowest BCUT2D eigenvalue weighted by atomic mass is 10.7. The number of carboxylic acid groups (broad SMARTS) is 1. The molecule has 0 saturated heterocycles. The number of halogens is 1. The Morgan fingerprint density at radius 1 is 1.64 bits per heavy atom. The molecule has 0 fully saturated rings. The van der Waals surface area contributed by atoms with Gasteiger partial charge in [-0.3, -0.25) is 0 Å². The number of rotatable bonds is 2. The minimum Gasteiger partial charge on any atom is -0.474 e. The second kappa shape index (κ2) is 3.89. The third-order valence-corrected chi connectivity index (χ3v) is 0.824. The quantitative estimate of drug-likeness (QED) is 0.643. The van der Waals surface area contributed by atoms with Crippen molar-refractivity contribution < 1.29 is 14.3 Å². The SMILES string of the molecule is Cl.NCc1nnc(C(=O)O)o1. The second-order valence-electron chi connectivity index (χ2n) is 1.51. The van der Waals surface area contributed by atoms with E-state index in [1.54, 1.807) is 0 Å². The number of aromatic carboxylic acids is 1. The summed E-state index contributed by atoms with van der Waals surface area (Å²) >= 11 is 0. The van der Waals surface area contributed by atoms with Crippen LogP contribution in [0.1, 0.15) is 16.6 Å². The van der Waals surface area contributed by atoms with Crippen molar-refractivity contribution in [2.24, 2.45) is 5.73 Å². The first-order valence-corrected chi connectivity index (χ1v) is 2.49. The number of carbonyl (C=O) groups is 1. The van der Waals surface area contributed by atoms with Crippen LogP contribution >= 0.6 is 12.4 Å². The minimum absolute atomic E-state index is 0. The Morgan fingerprint density at radius 3 is 2.55 bits per heavy atom. The van der Waals surface area contributed by atoms with Crippen LogP contribution in [0.4, 0.5) is 0 Å². The summed E-state index contributed by atoms with van der Waals surface area (Å²) in [6.45, 7) is 0.0558. The molecule has 11 heavy (non-hydrogen) atoms. The first-order chi connectivity index (χ1) is 4.74. The molecule has 0 radical (unpaired) electrons. The number of hydrogen-bond acceptors (Lipinski definition) is 5. The van der Waals surface area contributed by atoms with Gasteiger partial charge < -0.3 is 15.3 Å². The van der Waals surface area contributed by atoms with Gasteiger partial charge >= 0.3 is 11.9 Å². The Morgan fingerprint density at radius 2 is 2.27 bits per heavy atom. The fourth-order valence-corrected chi connectivity index (χ4v) is 0.423. The summed E-state index contributed by atoms with van der Waals surface area (Å²) in [5, 5.41) is 14.8. The number of hydrogen-bond donors (Lipinski definition) is 2. The van der Waals surface area contributed by atoms with Gasteiger partial charge in [-0.25, -0.2) is 4.79 Å². The van der Waals surface area contributed by atoms with Gasteiger partial charge in [0.25, 0.3) is 0 Å².